The highest BCUT2D eigenvalue weighted by Crippen LogP contribution is 1.99. The molecule has 1 aromatic heterocycles. The third-order valence-corrected chi connectivity index (χ3v) is 1.10. The SMILES string of the molecule is Cc1cncnc1C(=O)O. The van der Waals surface area contributed by atoms with E-state index in [-0.39, 0.29) is 5.69 Å². The number of carboxylic acid groups (broad SMARTS) is 1. The Kier molecular flexibility index (Phi) is 1.62. The van der Waals surface area contributed by atoms with Gasteiger partial charge in [0, 0.05) is 11.8 Å². The van der Waals surface area contributed by atoms with E-state index >= 15 is 0 Å². The fourth-order valence-corrected chi connectivity index (χ4v) is 0.623. The van der Waals surface area contributed by atoms with Crippen LogP contribution in [0.15, 0.2) is 12.5 Å². The number of nitrogens with zero attached hydrogens (tertiary/aromatic N) is 2. The molecule has 0 aromatic carbocycles. The zero-order chi connectivity index (χ0) is 7.56. The molecule has 1 heterocycles. The van der Waals surface area contributed by atoms with E-state index in [1.165, 1.54) is 12.5 Å². The molecule has 0 atom stereocenters. The van der Waals surface area contributed by atoms with E-state index in [0.717, 1.165) is 0 Å². The van der Waals surface area contributed by atoms with Gasteiger partial charge >= 0.3 is 5.97 Å². The van der Waals surface area contributed by atoms with Crippen LogP contribution >= 0.6 is 0 Å². The van der Waals surface area contributed by atoms with Gasteiger partial charge in [0.1, 0.15) is 6.33 Å². The van der Waals surface area contributed by atoms with Crippen molar-refractivity contribution in [2.75, 3.05) is 0 Å². The Morgan fingerprint density at radius 1 is 1.70 bits per heavy atom. The Balaban J connectivity index is 3.15. The van der Waals surface area contributed by atoms with Gasteiger partial charge in [0.05, 0.1) is 0 Å². The summed E-state index contributed by atoms with van der Waals surface area (Å²) in [6.07, 6.45) is 2.69. The fourth-order valence-electron chi connectivity index (χ4n) is 0.623. The van der Waals surface area contributed by atoms with Crippen molar-refractivity contribution in [3.05, 3.63) is 23.8 Å². The number of hydrogen-bond acceptors (Lipinski definition) is 3. The Labute approximate surface area is 57.6 Å². The van der Waals surface area contributed by atoms with Crippen LogP contribution in [0.4, 0.5) is 0 Å². The molecule has 0 aliphatic carbocycles. The van der Waals surface area contributed by atoms with Crippen molar-refractivity contribution >= 4 is 5.97 Å². The minimum absolute atomic E-state index is 0.0648. The summed E-state index contributed by atoms with van der Waals surface area (Å²) in [5.41, 5.74) is 0.644. The highest BCUT2D eigenvalue weighted by Gasteiger charge is 2.05. The van der Waals surface area contributed by atoms with E-state index in [1.807, 2.05) is 0 Å². The van der Waals surface area contributed by atoms with Crippen LogP contribution in [0, 0.1) is 6.92 Å². The van der Waals surface area contributed by atoms with Crippen molar-refractivity contribution in [1.82, 2.24) is 9.97 Å². The van der Waals surface area contributed by atoms with Crippen molar-refractivity contribution in [1.29, 1.82) is 0 Å². The summed E-state index contributed by atoms with van der Waals surface area (Å²) in [6, 6.07) is 0. The van der Waals surface area contributed by atoms with Gasteiger partial charge in [-0.1, -0.05) is 0 Å². The average Bonchev–Trinajstić information content (AvgIpc) is 1.88. The smallest absolute Gasteiger partial charge is 0.354 e. The van der Waals surface area contributed by atoms with Crippen LogP contribution < -0.4 is 0 Å². The molecule has 0 aliphatic heterocycles. The average molecular weight is 138 g/mol. The molecule has 4 heteroatoms. The Morgan fingerprint density at radius 2 is 2.40 bits per heavy atom. The molecule has 10 heavy (non-hydrogen) atoms. The van der Waals surface area contributed by atoms with Crippen LogP contribution in [0.1, 0.15) is 16.1 Å². The summed E-state index contributed by atoms with van der Waals surface area (Å²) in [5, 5.41) is 8.48. The van der Waals surface area contributed by atoms with Crippen LogP contribution in [0.5, 0.6) is 0 Å². The zero-order valence-corrected chi connectivity index (χ0v) is 5.40. The molecule has 0 amide bonds. The first kappa shape index (κ1) is 6.67. The summed E-state index contributed by atoms with van der Waals surface area (Å²) in [6.45, 7) is 1.66. The Hall–Kier alpha value is -1.45. The molecule has 0 bridgehead atoms. The van der Waals surface area contributed by atoms with Crippen LogP contribution in [0.25, 0.3) is 0 Å². The molecule has 0 saturated heterocycles. The topological polar surface area (TPSA) is 63.1 Å². The van der Waals surface area contributed by atoms with Gasteiger partial charge in [-0.3, -0.25) is 0 Å². The lowest BCUT2D eigenvalue weighted by Crippen LogP contribution is -2.02. The van der Waals surface area contributed by atoms with E-state index in [1.54, 1.807) is 6.92 Å². The van der Waals surface area contributed by atoms with Crippen LogP contribution in [-0.2, 0) is 0 Å². The van der Waals surface area contributed by atoms with Crippen LogP contribution in [0.3, 0.4) is 0 Å². The molecule has 0 radical (unpaired) electrons. The number of aromatic carboxylic acids is 1. The largest absolute Gasteiger partial charge is 0.477 e. The molecule has 1 N–H and O–H groups in total. The van der Waals surface area contributed by atoms with Crippen LogP contribution in [0.2, 0.25) is 0 Å². The molecule has 4 nitrogen and oxygen atoms in total. The molecule has 0 aliphatic rings. The molecule has 1 aromatic rings. The van der Waals surface area contributed by atoms with E-state index in [0.29, 0.717) is 5.56 Å². The molecular weight excluding hydrogens is 132 g/mol. The van der Waals surface area contributed by atoms with Gasteiger partial charge in [-0.15, -0.1) is 0 Å². The zero-order valence-electron chi connectivity index (χ0n) is 5.40. The van der Waals surface area contributed by atoms with Gasteiger partial charge in [0.15, 0.2) is 5.69 Å². The first-order chi connectivity index (χ1) is 4.72. The minimum Gasteiger partial charge on any atom is -0.477 e. The summed E-state index contributed by atoms with van der Waals surface area (Å²) in [7, 11) is 0. The van der Waals surface area contributed by atoms with Crippen molar-refractivity contribution < 1.29 is 9.90 Å². The second-order valence-electron chi connectivity index (χ2n) is 1.86. The molecular formula is C6H6N2O2. The van der Waals surface area contributed by atoms with E-state index in [4.69, 9.17) is 5.11 Å². The van der Waals surface area contributed by atoms with E-state index in [2.05, 4.69) is 9.97 Å². The lowest BCUT2D eigenvalue weighted by atomic mass is 10.3. The molecule has 0 saturated carbocycles. The third kappa shape index (κ3) is 1.10. The first-order valence-electron chi connectivity index (χ1n) is 2.71. The molecule has 0 fully saturated rings. The summed E-state index contributed by atoms with van der Waals surface area (Å²) in [5.74, 6) is -1.01. The second kappa shape index (κ2) is 2.43. The number of rotatable bonds is 1. The van der Waals surface area contributed by atoms with Crippen molar-refractivity contribution in [3.63, 3.8) is 0 Å². The number of hydrogen-bond donors (Lipinski definition) is 1. The standard InChI is InChI=1S/C6H6N2O2/c1-4-2-7-3-8-5(4)6(9)10/h2-3H,1H3,(H,9,10). The lowest BCUT2D eigenvalue weighted by Gasteiger charge is -1.94. The second-order valence-corrected chi connectivity index (χ2v) is 1.86. The number of aryl methyl sites for hydroxylation is 1. The maximum Gasteiger partial charge on any atom is 0.354 e. The fraction of sp³-hybridized carbons (Fsp3) is 0.167. The van der Waals surface area contributed by atoms with Gasteiger partial charge in [-0.05, 0) is 6.92 Å². The first-order valence-corrected chi connectivity index (χ1v) is 2.71. The third-order valence-electron chi connectivity index (χ3n) is 1.10. The van der Waals surface area contributed by atoms with E-state index < -0.39 is 5.97 Å². The summed E-state index contributed by atoms with van der Waals surface area (Å²) in [4.78, 5) is 17.6. The predicted octanol–water partition coefficient (Wildman–Crippen LogP) is 0.483. The van der Waals surface area contributed by atoms with Gasteiger partial charge in [0.2, 0.25) is 0 Å². The Bertz CT molecular complexity index is 260. The molecule has 0 spiro atoms. The van der Waals surface area contributed by atoms with Gasteiger partial charge in [0.25, 0.3) is 0 Å². The van der Waals surface area contributed by atoms with E-state index in [9.17, 15) is 4.79 Å². The summed E-state index contributed by atoms with van der Waals surface area (Å²) >= 11 is 0. The minimum atomic E-state index is -1.01. The van der Waals surface area contributed by atoms with Crippen molar-refractivity contribution in [3.8, 4) is 0 Å². The monoisotopic (exact) mass is 138 g/mol. The van der Waals surface area contributed by atoms with Crippen molar-refractivity contribution in [2.45, 2.75) is 6.92 Å². The summed E-state index contributed by atoms with van der Waals surface area (Å²) < 4.78 is 0. The maximum absolute atomic E-state index is 10.3. The highest BCUT2D eigenvalue weighted by atomic mass is 16.4. The highest BCUT2D eigenvalue weighted by molar-refractivity contribution is 5.86. The number of aromatic nitrogens is 2. The molecule has 1 rings (SSSR count). The number of carboxylic acids is 1. The number of carbonyl (C=O) groups is 1. The van der Waals surface area contributed by atoms with Gasteiger partial charge in [-0.25, -0.2) is 14.8 Å². The van der Waals surface area contributed by atoms with Crippen molar-refractivity contribution in [2.24, 2.45) is 0 Å². The quantitative estimate of drug-likeness (QED) is 0.613. The maximum atomic E-state index is 10.3. The normalized spacial score (nSPS) is 9.30. The predicted molar refractivity (Wildman–Crippen MR) is 33.7 cm³/mol. The molecule has 52 valence electrons. The lowest BCUT2D eigenvalue weighted by molar-refractivity contribution is 0.0689. The van der Waals surface area contributed by atoms with Crippen LogP contribution in [-0.4, -0.2) is 21.0 Å². The van der Waals surface area contributed by atoms with Gasteiger partial charge in [-0.2, -0.15) is 0 Å². The molecule has 0 unspecified atom stereocenters. The Morgan fingerprint density at radius 3 is 2.80 bits per heavy atom. The van der Waals surface area contributed by atoms with Gasteiger partial charge < -0.3 is 5.11 Å².